The first-order valence-electron chi connectivity index (χ1n) is 9.54. The summed E-state index contributed by atoms with van der Waals surface area (Å²) in [5.74, 6) is 0.707. The van der Waals surface area contributed by atoms with Gasteiger partial charge in [0.1, 0.15) is 5.75 Å². The van der Waals surface area contributed by atoms with Crippen molar-refractivity contribution in [2.24, 2.45) is 5.73 Å². The molecule has 0 bridgehead atoms. The first kappa shape index (κ1) is 20.1. The molecule has 1 fully saturated rings. The van der Waals surface area contributed by atoms with E-state index in [4.69, 9.17) is 15.2 Å². The third-order valence-electron chi connectivity index (χ3n) is 4.86. The van der Waals surface area contributed by atoms with Crippen LogP contribution in [-0.2, 0) is 14.8 Å². The van der Waals surface area contributed by atoms with Crippen LogP contribution in [-0.4, -0.2) is 51.7 Å². The highest BCUT2D eigenvalue weighted by Gasteiger charge is 2.31. The van der Waals surface area contributed by atoms with E-state index in [1.165, 1.54) is 0 Å². The number of sulfonamides is 1. The van der Waals surface area contributed by atoms with Gasteiger partial charge in [-0.2, -0.15) is 4.31 Å². The van der Waals surface area contributed by atoms with E-state index in [-0.39, 0.29) is 6.10 Å². The molecule has 27 heavy (non-hydrogen) atoms. The maximum Gasteiger partial charge on any atom is 0.243 e. The molecule has 3 rings (SSSR count). The molecule has 1 saturated heterocycles. The van der Waals surface area contributed by atoms with Crippen LogP contribution in [0.3, 0.4) is 0 Å². The van der Waals surface area contributed by atoms with E-state index in [1.807, 2.05) is 31.2 Å². The number of hydrogen-bond acceptors (Lipinski definition) is 5. The topological polar surface area (TPSA) is 81.9 Å². The highest BCUT2D eigenvalue weighted by atomic mass is 32.2. The van der Waals surface area contributed by atoms with E-state index in [2.05, 4.69) is 0 Å². The molecule has 0 amide bonds. The highest BCUT2D eigenvalue weighted by Crippen LogP contribution is 2.33. The van der Waals surface area contributed by atoms with Gasteiger partial charge >= 0.3 is 0 Å². The minimum atomic E-state index is -3.57. The van der Waals surface area contributed by atoms with Crippen LogP contribution in [0.1, 0.15) is 26.2 Å². The van der Waals surface area contributed by atoms with Gasteiger partial charge < -0.3 is 15.2 Å². The van der Waals surface area contributed by atoms with Gasteiger partial charge in [0.15, 0.2) is 0 Å². The Hall–Kier alpha value is -1.67. The zero-order valence-corrected chi connectivity index (χ0v) is 16.6. The van der Waals surface area contributed by atoms with Gasteiger partial charge in [-0.3, -0.25) is 0 Å². The van der Waals surface area contributed by atoms with Crippen LogP contribution in [0.25, 0.3) is 10.8 Å². The van der Waals surface area contributed by atoms with Crippen molar-refractivity contribution in [2.75, 3.05) is 32.8 Å². The average Bonchev–Trinajstić information content (AvgIpc) is 2.69. The molecule has 7 heteroatoms. The normalized spacial score (nSPS) is 16.7. The minimum Gasteiger partial charge on any atom is -0.493 e. The average molecular weight is 393 g/mol. The number of rotatable bonds is 8. The van der Waals surface area contributed by atoms with Gasteiger partial charge in [0.2, 0.25) is 10.0 Å². The van der Waals surface area contributed by atoms with Gasteiger partial charge in [-0.15, -0.1) is 0 Å². The van der Waals surface area contributed by atoms with Crippen molar-refractivity contribution >= 4 is 20.8 Å². The quantitative estimate of drug-likeness (QED) is 0.699. The molecule has 0 atom stereocenters. The van der Waals surface area contributed by atoms with Gasteiger partial charge in [0.25, 0.3) is 0 Å². The van der Waals surface area contributed by atoms with Crippen molar-refractivity contribution in [3.63, 3.8) is 0 Å². The lowest BCUT2D eigenvalue weighted by Gasteiger charge is -2.31. The standard InChI is InChI=1S/C20H28N2O4S/c1-2-25-19-8-9-20(18-7-4-3-6-17(18)19)27(23,24)22-13-10-16(11-14-22)26-15-5-12-21/h3-4,6-9,16H,2,5,10-15,21H2,1H3. The number of nitrogens with zero attached hydrogens (tertiary/aromatic N) is 1. The van der Waals surface area contributed by atoms with Crippen molar-refractivity contribution in [2.45, 2.75) is 37.2 Å². The summed E-state index contributed by atoms with van der Waals surface area (Å²) < 4.78 is 39.5. The number of benzene rings is 2. The summed E-state index contributed by atoms with van der Waals surface area (Å²) in [6, 6.07) is 10.9. The van der Waals surface area contributed by atoms with Gasteiger partial charge in [-0.1, -0.05) is 24.3 Å². The van der Waals surface area contributed by atoms with E-state index in [9.17, 15) is 8.42 Å². The first-order valence-corrected chi connectivity index (χ1v) is 11.0. The molecule has 2 N–H and O–H groups in total. The Morgan fingerprint density at radius 1 is 1.11 bits per heavy atom. The number of hydrogen-bond donors (Lipinski definition) is 1. The molecule has 0 spiro atoms. The van der Waals surface area contributed by atoms with Crippen molar-refractivity contribution < 1.29 is 17.9 Å². The fraction of sp³-hybridized carbons (Fsp3) is 0.500. The predicted octanol–water partition coefficient (Wildman–Crippen LogP) is 2.76. The van der Waals surface area contributed by atoms with E-state index in [1.54, 1.807) is 16.4 Å². The monoisotopic (exact) mass is 392 g/mol. The second kappa shape index (κ2) is 9.01. The van der Waals surface area contributed by atoms with Crippen molar-refractivity contribution in [3.05, 3.63) is 36.4 Å². The molecule has 148 valence electrons. The lowest BCUT2D eigenvalue weighted by Crippen LogP contribution is -2.41. The Bertz CT molecular complexity index is 861. The number of nitrogens with two attached hydrogens (primary N) is 1. The van der Waals surface area contributed by atoms with Crippen LogP contribution < -0.4 is 10.5 Å². The lowest BCUT2D eigenvalue weighted by molar-refractivity contribution is 0.0209. The Labute approximate surface area is 161 Å². The van der Waals surface area contributed by atoms with Crippen LogP contribution in [0.4, 0.5) is 0 Å². The molecule has 0 radical (unpaired) electrons. The Morgan fingerprint density at radius 3 is 2.48 bits per heavy atom. The van der Waals surface area contributed by atoms with Crippen LogP contribution in [0.5, 0.6) is 5.75 Å². The Kier molecular flexibility index (Phi) is 6.70. The molecule has 1 aliphatic heterocycles. The second-order valence-corrected chi connectivity index (χ2v) is 8.56. The molecule has 0 unspecified atom stereocenters. The lowest BCUT2D eigenvalue weighted by atomic mass is 10.1. The molecule has 0 saturated carbocycles. The van der Waals surface area contributed by atoms with Crippen LogP contribution in [0.15, 0.2) is 41.3 Å². The SMILES string of the molecule is CCOc1ccc(S(=O)(=O)N2CCC(OCCCN)CC2)c2ccccc12. The second-order valence-electron chi connectivity index (χ2n) is 6.66. The smallest absolute Gasteiger partial charge is 0.243 e. The van der Waals surface area contributed by atoms with Gasteiger partial charge in [-0.05, 0) is 44.9 Å². The van der Waals surface area contributed by atoms with Gasteiger partial charge in [0, 0.05) is 30.5 Å². The summed E-state index contributed by atoms with van der Waals surface area (Å²) in [7, 11) is -3.57. The van der Waals surface area contributed by atoms with Gasteiger partial charge in [-0.25, -0.2) is 8.42 Å². The summed E-state index contributed by atoms with van der Waals surface area (Å²) >= 11 is 0. The molecule has 2 aromatic rings. The maximum absolute atomic E-state index is 13.3. The fourth-order valence-corrected chi connectivity index (χ4v) is 5.13. The summed E-state index contributed by atoms with van der Waals surface area (Å²) in [5, 5.41) is 1.52. The largest absolute Gasteiger partial charge is 0.493 e. The summed E-state index contributed by atoms with van der Waals surface area (Å²) in [5.41, 5.74) is 5.49. The molecular formula is C20H28N2O4S. The van der Waals surface area contributed by atoms with Crippen molar-refractivity contribution in [3.8, 4) is 5.75 Å². The highest BCUT2D eigenvalue weighted by molar-refractivity contribution is 7.89. The van der Waals surface area contributed by atoms with Crippen LogP contribution in [0.2, 0.25) is 0 Å². The zero-order valence-electron chi connectivity index (χ0n) is 15.8. The summed E-state index contributed by atoms with van der Waals surface area (Å²) in [6.07, 6.45) is 2.36. The van der Waals surface area contributed by atoms with E-state index in [0.717, 1.165) is 11.8 Å². The molecular weight excluding hydrogens is 364 g/mol. The molecule has 0 aromatic heterocycles. The number of ether oxygens (including phenoxy) is 2. The van der Waals surface area contributed by atoms with Crippen molar-refractivity contribution in [1.82, 2.24) is 4.31 Å². The summed E-state index contributed by atoms with van der Waals surface area (Å²) in [4.78, 5) is 0.337. The molecule has 2 aromatic carbocycles. The third kappa shape index (κ3) is 4.43. The molecule has 0 aliphatic carbocycles. The minimum absolute atomic E-state index is 0.111. The predicted molar refractivity (Wildman–Crippen MR) is 107 cm³/mol. The third-order valence-corrected chi connectivity index (χ3v) is 6.82. The molecule has 1 heterocycles. The van der Waals surface area contributed by atoms with Gasteiger partial charge in [0.05, 0.1) is 17.6 Å². The Morgan fingerprint density at radius 2 is 1.81 bits per heavy atom. The zero-order chi connectivity index (χ0) is 19.3. The van der Waals surface area contributed by atoms with Crippen LogP contribution >= 0.6 is 0 Å². The van der Waals surface area contributed by atoms with E-state index >= 15 is 0 Å². The molecule has 6 nitrogen and oxygen atoms in total. The first-order chi connectivity index (χ1) is 13.1. The fourth-order valence-electron chi connectivity index (χ4n) is 3.46. The van der Waals surface area contributed by atoms with E-state index < -0.39 is 10.0 Å². The number of fused-ring (bicyclic) bond motifs is 1. The summed E-state index contributed by atoms with van der Waals surface area (Å²) in [6.45, 7) is 4.64. The number of piperidine rings is 1. The Balaban J connectivity index is 1.81. The van der Waals surface area contributed by atoms with Crippen LogP contribution in [0, 0.1) is 0 Å². The maximum atomic E-state index is 13.3. The van der Waals surface area contributed by atoms with E-state index in [0.29, 0.717) is 61.7 Å². The molecule has 1 aliphatic rings. The van der Waals surface area contributed by atoms with Crippen molar-refractivity contribution in [1.29, 1.82) is 0 Å².